The fraction of sp³-hybridized carbons (Fsp3) is 0.0500. The van der Waals surface area contributed by atoms with Gasteiger partial charge in [0.05, 0.1) is 15.6 Å². The average Bonchev–Trinajstić information content (AvgIpc) is 3.15. The van der Waals surface area contributed by atoms with Crippen molar-refractivity contribution in [1.82, 2.24) is 15.0 Å². The third kappa shape index (κ3) is 3.30. The molecule has 0 unspecified atom stereocenters. The van der Waals surface area contributed by atoms with Gasteiger partial charge in [-0.15, -0.1) is 0 Å². The average molecular weight is 358 g/mol. The summed E-state index contributed by atoms with van der Waals surface area (Å²) in [6.07, 6.45) is 0. The Bertz CT molecular complexity index is 1090. The Balaban J connectivity index is 1.86. The quantitative estimate of drug-likeness (QED) is 0.318. The van der Waals surface area contributed by atoms with Gasteiger partial charge in [0, 0.05) is 16.9 Å². The summed E-state index contributed by atoms with van der Waals surface area (Å²) in [5.41, 5.74) is 3.58. The van der Waals surface area contributed by atoms with Crippen LogP contribution in [0.2, 0.25) is 0 Å². The first-order valence-corrected chi connectivity index (χ1v) is 8.39. The minimum Gasteiger partial charge on any atom is -0.258 e. The van der Waals surface area contributed by atoms with E-state index in [-0.39, 0.29) is 5.69 Å². The van der Waals surface area contributed by atoms with Crippen LogP contribution in [0.25, 0.3) is 22.8 Å². The molecule has 0 saturated heterocycles. The number of nitrogens with zero attached hydrogens (tertiary/aromatic N) is 5. The third-order valence-electron chi connectivity index (χ3n) is 4.15. The normalized spacial score (nSPS) is 10.7. The first-order valence-electron chi connectivity index (χ1n) is 8.39. The second-order valence-corrected chi connectivity index (χ2v) is 6.08. The molecule has 132 valence electrons. The van der Waals surface area contributed by atoms with Gasteiger partial charge in [0.1, 0.15) is 5.69 Å². The maximum Gasteiger partial charge on any atom is 0.340 e. The zero-order valence-electron chi connectivity index (χ0n) is 14.6. The topological polar surface area (TPSA) is 77.7 Å². The van der Waals surface area contributed by atoms with E-state index in [2.05, 4.69) is 10.2 Å². The zero-order valence-corrected chi connectivity index (χ0v) is 14.6. The van der Waals surface area contributed by atoms with Gasteiger partial charge in [0.15, 0.2) is 5.69 Å². The first-order chi connectivity index (χ1) is 13.1. The van der Waals surface area contributed by atoms with Gasteiger partial charge < -0.3 is 0 Å². The van der Waals surface area contributed by atoms with Crippen LogP contribution in [0, 0.1) is 17.0 Å². The van der Waals surface area contributed by atoms with Crippen molar-refractivity contribution in [2.24, 2.45) is 0 Å². The largest absolute Gasteiger partial charge is 0.340 e. The van der Waals surface area contributed by atoms with Crippen molar-refractivity contribution in [2.75, 3.05) is 0 Å². The number of rotatable bonds is 4. The Labute approximate surface area is 155 Å². The van der Waals surface area contributed by atoms with E-state index in [0.717, 1.165) is 16.8 Å². The molecule has 1 aromatic heterocycles. The van der Waals surface area contributed by atoms with E-state index in [9.17, 15) is 10.1 Å². The van der Waals surface area contributed by atoms with Crippen LogP contribution in [-0.4, -0.2) is 19.9 Å². The molecule has 0 aliphatic heterocycles. The first kappa shape index (κ1) is 16.6. The fourth-order valence-corrected chi connectivity index (χ4v) is 2.71. The molecule has 7 heteroatoms. The highest BCUT2D eigenvalue weighted by Crippen LogP contribution is 2.16. The van der Waals surface area contributed by atoms with E-state index in [1.807, 2.05) is 61.5 Å². The fourth-order valence-electron chi connectivity index (χ4n) is 2.71. The molecule has 0 bridgehead atoms. The van der Waals surface area contributed by atoms with E-state index in [0.29, 0.717) is 11.5 Å². The van der Waals surface area contributed by atoms with Crippen LogP contribution in [0.3, 0.4) is 0 Å². The molecule has 0 spiro atoms. The van der Waals surface area contributed by atoms with Gasteiger partial charge >= 0.3 is 5.82 Å². The number of nitro groups is 1. The van der Waals surface area contributed by atoms with Crippen LogP contribution in [0.5, 0.6) is 0 Å². The summed E-state index contributed by atoms with van der Waals surface area (Å²) in [7, 11) is 0. The highest BCUT2D eigenvalue weighted by Gasteiger charge is 2.23. The number of nitro benzene ring substituents is 1. The monoisotopic (exact) mass is 358 g/mol. The molecule has 1 heterocycles. The third-order valence-corrected chi connectivity index (χ3v) is 4.15. The Kier molecular flexibility index (Phi) is 4.18. The zero-order chi connectivity index (χ0) is 18.8. The number of hydrogen-bond acceptors (Lipinski definition) is 4. The van der Waals surface area contributed by atoms with Crippen LogP contribution in [-0.2, 0) is 0 Å². The van der Waals surface area contributed by atoms with Gasteiger partial charge in [-0.05, 0) is 53.2 Å². The Morgan fingerprint density at radius 1 is 0.926 bits per heavy atom. The Morgan fingerprint density at radius 2 is 1.59 bits per heavy atom. The predicted octanol–water partition coefficient (Wildman–Crippen LogP) is 3.43. The molecule has 27 heavy (non-hydrogen) atoms. The molecule has 3 aromatic carbocycles. The molecule has 0 radical (unpaired) electrons. The van der Waals surface area contributed by atoms with E-state index in [1.54, 1.807) is 21.7 Å². The van der Waals surface area contributed by atoms with Gasteiger partial charge in [0.25, 0.3) is 5.69 Å². The highest BCUT2D eigenvalue weighted by atomic mass is 16.6. The van der Waals surface area contributed by atoms with Crippen LogP contribution < -0.4 is 4.80 Å². The SMILES string of the molecule is Cc1ccc(-n2nc(-c3ccccc3)n[n+]2-c2ccc([N+](=O)[O-])cc2)cc1. The maximum absolute atomic E-state index is 10.9. The number of aryl methyl sites for hydroxylation is 1. The van der Waals surface area contributed by atoms with Crippen LogP contribution >= 0.6 is 0 Å². The summed E-state index contributed by atoms with van der Waals surface area (Å²) in [4.78, 5) is 13.8. The number of aromatic nitrogens is 4. The summed E-state index contributed by atoms with van der Waals surface area (Å²) >= 11 is 0. The van der Waals surface area contributed by atoms with Gasteiger partial charge in [-0.25, -0.2) is 0 Å². The van der Waals surface area contributed by atoms with Crippen molar-refractivity contribution in [3.8, 4) is 22.8 Å². The van der Waals surface area contributed by atoms with Crippen molar-refractivity contribution in [1.29, 1.82) is 0 Å². The highest BCUT2D eigenvalue weighted by molar-refractivity contribution is 5.53. The molecule has 0 amide bonds. The van der Waals surface area contributed by atoms with E-state index in [1.165, 1.54) is 12.1 Å². The minimum atomic E-state index is -0.422. The van der Waals surface area contributed by atoms with Crippen LogP contribution in [0.4, 0.5) is 5.69 Å². The smallest absolute Gasteiger partial charge is 0.258 e. The molecule has 0 atom stereocenters. The molecule has 4 aromatic rings. The van der Waals surface area contributed by atoms with Crippen molar-refractivity contribution in [3.05, 3.63) is 94.5 Å². The molecule has 0 saturated carbocycles. The molecule has 0 fully saturated rings. The van der Waals surface area contributed by atoms with Crippen LogP contribution in [0.1, 0.15) is 5.56 Å². The number of benzene rings is 3. The van der Waals surface area contributed by atoms with Gasteiger partial charge in [-0.3, -0.25) is 10.1 Å². The van der Waals surface area contributed by atoms with Crippen molar-refractivity contribution in [2.45, 2.75) is 6.92 Å². The maximum atomic E-state index is 10.9. The van der Waals surface area contributed by atoms with Gasteiger partial charge in [-0.2, -0.15) is 0 Å². The lowest BCUT2D eigenvalue weighted by molar-refractivity contribution is -0.734. The van der Waals surface area contributed by atoms with E-state index < -0.39 is 4.92 Å². The van der Waals surface area contributed by atoms with Crippen molar-refractivity contribution >= 4 is 5.69 Å². The van der Waals surface area contributed by atoms with Crippen molar-refractivity contribution in [3.63, 3.8) is 0 Å². The number of tetrazole rings is 1. The Morgan fingerprint density at radius 3 is 2.22 bits per heavy atom. The lowest BCUT2D eigenvalue weighted by atomic mass is 10.2. The molecule has 4 rings (SSSR count). The summed E-state index contributed by atoms with van der Waals surface area (Å²) in [5, 5.41) is 20.2. The van der Waals surface area contributed by atoms with Crippen molar-refractivity contribution < 1.29 is 9.72 Å². The van der Waals surface area contributed by atoms with Gasteiger partial charge in [-0.1, -0.05) is 35.9 Å². The van der Waals surface area contributed by atoms with E-state index >= 15 is 0 Å². The number of non-ortho nitro benzene ring substituents is 1. The molecule has 0 N–H and O–H groups in total. The standard InChI is InChI=1S/C20H16N5O2/c1-15-7-9-17(10-8-15)23-21-20(16-5-3-2-4-6-16)22-24(23)18-11-13-19(14-12-18)25(26)27/h2-14H,1H3/q+1. The molecule has 0 aliphatic carbocycles. The van der Waals surface area contributed by atoms with Crippen LogP contribution in [0.15, 0.2) is 78.9 Å². The summed E-state index contributed by atoms with van der Waals surface area (Å²) in [6.45, 7) is 2.02. The number of hydrogen-bond donors (Lipinski definition) is 0. The lowest BCUT2D eigenvalue weighted by Crippen LogP contribution is -2.43. The summed E-state index contributed by atoms with van der Waals surface area (Å²) < 4.78 is 0. The second kappa shape index (κ2) is 6.80. The molecular formula is C20H16N5O2+. The summed E-state index contributed by atoms with van der Waals surface area (Å²) in [5.74, 6) is 0.564. The van der Waals surface area contributed by atoms with Gasteiger partial charge in [0.2, 0.25) is 0 Å². The Hall–Kier alpha value is -3.87. The minimum absolute atomic E-state index is 0.0315. The molecular weight excluding hydrogens is 342 g/mol. The molecule has 7 nitrogen and oxygen atoms in total. The molecule has 0 aliphatic rings. The van der Waals surface area contributed by atoms with E-state index in [4.69, 9.17) is 0 Å². The lowest BCUT2D eigenvalue weighted by Gasteiger charge is -2.00. The summed E-state index contributed by atoms with van der Waals surface area (Å²) in [6, 6.07) is 23.8. The second-order valence-electron chi connectivity index (χ2n) is 6.08. The predicted molar refractivity (Wildman–Crippen MR) is 99.7 cm³/mol.